The van der Waals surface area contributed by atoms with Crippen molar-refractivity contribution in [1.29, 1.82) is 0 Å². The molecule has 0 spiro atoms. The molecule has 340 valence electrons. The quantitative estimate of drug-likeness (QED) is 0.0311. The lowest BCUT2D eigenvalue weighted by atomic mass is 10.00. The standard InChI is InChI=1S/C51H101NO5/c1-3-5-7-9-11-13-15-17-19-21-23-24-25-26-27-29-31-33-35-37-39-41-43-45-49(55)51(57)52-47(46-53)50(56)48(54)44-42-40-38-36-34-32-30-28-22-20-18-16-14-12-10-8-6-4-2/h36,38,47-50,53-56H,3-35,37,39-46H2,1-2H3,(H,52,57)/b38-36+. The fourth-order valence-corrected chi connectivity index (χ4v) is 8.17. The van der Waals surface area contributed by atoms with Gasteiger partial charge in [-0.15, -0.1) is 0 Å². The van der Waals surface area contributed by atoms with Crippen molar-refractivity contribution in [2.24, 2.45) is 0 Å². The Morgan fingerprint density at radius 1 is 0.421 bits per heavy atom. The van der Waals surface area contributed by atoms with Crippen LogP contribution in [0.5, 0.6) is 0 Å². The second-order valence-corrected chi connectivity index (χ2v) is 17.9. The van der Waals surface area contributed by atoms with Gasteiger partial charge in [0.25, 0.3) is 0 Å². The number of allylic oxidation sites excluding steroid dienone is 2. The van der Waals surface area contributed by atoms with Crippen LogP contribution in [0.3, 0.4) is 0 Å². The first kappa shape index (κ1) is 56.0. The number of hydrogen-bond donors (Lipinski definition) is 5. The second-order valence-electron chi connectivity index (χ2n) is 17.9. The number of carbonyl (C=O) groups excluding carboxylic acids is 1. The van der Waals surface area contributed by atoms with Crippen molar-refractivity contribution in [3.63, 3.8) is 0 Å². The lowest BCUT2D eigenvalue weighted by molar-refractivity contribution is -0.132. The zero-order valence-corrected chi connectivity index (χ0v) is 38.4. The van der Waals surface area contributed by atoms with Gasteiger partial charge >= 0.3 is 0 Å². The van der Waals surface area contributed by atoms with Crippen LogP contribution in [-0.4, -0.2) is 57.3 Å². The van der Waals surface area contributed by atoms with E-state index in [9.17, 15) is 25.2 Å². The van der Waals surface area contributed by atoms with E-state index >= 15 is 0 Å². The average molecular weight is 808 g/mol. The third-order valence-corrected chi connectivity index (χ3v) is 12.2. The SMILES string of the molecule is CCCCCCCCCCCCCCC/C=C/CCCC(O)C(O)C(CO)NC(=O)C(O)CCCCCCCCCCCCCCCCCCCCCCCCC. The number of nitrogens with one attached hydrogen (secondary N) is 1. The molecule has 0 bridgehead atoms. The average Bonchev–Trinajstić information content (AvgIpc) is 3.22. The Balaban J connectivity index is 3.66. The Labute approximate surface area is 355 Å². The summed E-state index contributed by atoms with van der Waals surface area (Å²) in [5.74, 6) is -0.588. The highest BCUT2D eigenvalue weighted by atomic mass is 16.3. The molecule has 57 heavy (non-hydrogen) atoms. The van der Waals surface area contributed by atoms with E-state index in [1.165, 1.54) is 212 Å². The summed E-state index contributed by atoms with van der Waals surface area (Å²) in [5.41, 5.74) is 0. The van der Waals surface area contributed by atoms with Gasteiger partial charge in [0.15, 0.2) is 0 Å². The lowest BCUT2D eigenvalue weighted by Gasteiger charge is -2.27. The molecule has 0 aromatic heterocycles. The van der Waals surface area contributed by atoms with Crippen molar-refractivity contribution in [3.05, 3.63) is 12.2 Å². The van der Waals surface area contributed by atoms with Gasteiger partial charge in [-0.2, -0.15) is 0 Å². The van der Waals surface area contributed by atoms with Crippen LogP contribution in [0.1, 0.15) is 277 Å². The molecule has 1 amide bonds. The van der Waals surface area contributed by atoms with Gasteiger partial charge in [-0.3, -0.25) is 4.79 Å². The molecule has 4 atom stereocenters. The third kappa shape index (κ3) is 40.2. The van der Waals surface area contributed by atoms with Crippen LogP contribution >= 0.6 is 0 Å². The van der Waals surface area contributed by atoms with Gasteiger partial charge in [-0.25, -0.2) is 0 Å². The molecule has 6 heteroatoms. The van der Waals surface area contributed by atoms with Crippen LogP contribution in [0.25, 0.3) is 0 Å². The highest BCUT2D eigenvalue weighted by Crippen LogP contribution is 2.17. The summed E-state index contributed by atoms with van der Waals surface area (Å²) >= 11 is 0. The smallest absolute Gasteiger partial charge is 0.249 e. The Morgan fingerprint density at radius 2 is 0.719 bits per heavy atom. The summed E-state index contributed by atoms with van der Waals surface area (Å²) in [5, 5.41) is 43.8. The van der Waals surface area contributed by atoms with Gasteiger partial charge in [-0.05, 0) is 38.5 Å². The number of carbonyl (C=O) groups is 1. The first-order chi connectivity index (χ1) is 28.0. The van der Waals surface area contributed by atoms with Crippen molar-refractivity contribution in [2.75, 3.05) is 6.61 Å². The lowest BCUT2D eigenvalue weighted by Crippen LogP contribution is -2.53. The fraction of sp³-hybridized carbons (Fsp3) is 0.941. The number of aliphatic hydroxyl groups is 4. The highest BCUT2D eigenvalue weighted by molar-refractivity contribution is 5.80. The predicted octanol–water partition coefficient (Wildman–Crippen LogP) is 14.1. The normalized spacial score (nSPS) is 14.0. The van der Waals surface area contributed by atoms with Crippen molar-refractivity contribution >= 4 is 5.91 Å². The van der Waals surface area contributed by atoms with Gasteiger partial charge in [0.1, 0.15) is 12.2 Å². The van der Waals surface area contributed by atoms with E-state index in [-0.39, 0.29) is 0 Å². The minimum atomic E-state index is -1.28. The van der Waals surface area contributed by atoms with Gasteiger partial charge in [0.05, 0.1) is 18.8 Å². The Hall–Kier alpha value is -0.950. The predicted molar refractivity (Wildman–Crippen MR) is 247 cm³/mol. The van der Waals surface area contributed by atoms with E-state index in [1.807, 2.05) is 0 Å². The second kappa shape index (κ2) is 46.1. The third-order valence-electron chi connectivity index (χ3n) is 12.2. The van der Waals surface area contributed by atoms with E-state index in [2.05, 4.69) is 31.3 Å². The molecule has 0 saturated carbocycles. The number of aliphatic hydroxyl groups excluding tert-OH is 4. The Bertz CT molecular complexity index is 821. The minimum Gasteiger partial charge on any atom is -0.394 e. The molecule has 4 unspecified atom stereocenters. The maximum Gasteiger partial charge on any atom is 0.249 e. The Morgan fingerprint density at radius 3 is 1.05 bits per heavy atom. The monoisotopic (exact) mass is 808 g/mol. The topological polar surface area (TPSA) is 110 Å². The van der Waals surface area contributed by atoms with Crippen molar-refractivity contribution in [2.45, 2.75) is 301 Å². The van der Waals surface area contributed by atoms with Crippen LogP contribution in [-0.2, 0) is 4.79 Å². The van der Waals surface area contributed by atoms with E-state index in [4.69, 9.17) is 0 Å². The largest absolute Gasteiger partial charge is 0.394 e. The minimum absolute atomic E-state index is 0.369. The highest BCUT2D eigenvalue weighted by Gasteiger charge is 2.28. The van der Waals surface area contributed by atoms with Gasteiger partial charge in [0.2, 0.25) is 5.91 Å². The zero-order chi connectivity index (χ0) is 41.7. The summed E-state index contributed by atoms with van der Waals surface area (Å²) in [6.45, 7) is 4.07. The summed E-state index contributed by atoms with van der Waals surface area (Å²) < 4.78 is 0. The molecule has 0 saturated heterocycles. The molecule has 0 aliphatic heterocycles. The first-order valence-corrected chi connectivity index (χ1v) is 25.6. The molecular formula is C51H101NO5. The molecule has 0 radical (unpaired) electrons. The van der Waals surface area contributed by atoms with Gasteiger partial charge < -0.3 is 25.7 Å². The molecule has 0 aromatic rings. The van der Waals surface area contributed by atoms with Crippen LogP contribution in [0, 0.1) is 0 Å². The number of hydrogen-bond acceptors (Lipinski definition) is 5. The summed E-state index contributed by atoms with van der Waals surface area (Å²) in [7, 11) is 0. The molecule has 0 rings (SSSR count). The zero-order valence-electron chi connectivity index (χ0n) is 38.4. The molecule has 0 fully saturated rings. The Kier molecular flexibility index (Phi) is 45.4. The van der Waals surface area contributed by atoms with E-state index < -0.39 is 36.9 Å². The summed E-state index contributed by atoms with van der Waals surface area (Å²) in [6, 6.07) is -0.998. The molecule has 0 aliphatic carbocycles. The first-order valence-electron chi connectivity index (χ1n) is 25.6. The number of amides is 1. The van der Waals surface area contributed by atoms with Crippen molar-refractivity contribution < 1.29 is 25.2 Å². The van der Waals surface area contributed by atoms with E-state index in [0.29, 0.717) is 12.8 Å². The van der Waals surface area contributed by atoms with Crippen LogP contribution in [0.4, 0.5) is 0 Å². The molecule has 0 aromatic carbocycles. The van der Waals surface area contributed by atoms with Crippen molar-refractivity contribution in [3.8, 4) is 0 Å². The maximum absolute atomic E-state index is 12.6. The van der Waals surface area contributed by atoms with Gasteiger partial charge in [-0.1, -0.05) is 251 Å². The van der Waals surface area contributed by atoms with Crippen LogP contribution in [0.15, 0.2) is 12.2 Å². The van der Waals surface area contributed by atoms with Crippen LogP contribution < -0.4 is 5.32 Å². The molecule has 0 aliphatic rings. The molecular weight excluding hydrogens is 707 g/mol. The summed E-state index contributed by atoms with van der Waals surface area (Å²) in [4.78, 5) is 12.6. The maximum atomic E-state index is 12.6. The van der Waals surface area contributed by atoms with E-state index in [0.717, 1.165) is 38.5 Å². The number of unbranched alkanes of at least 4 members (excludes halogenated alkanes) is 36. The number of rotatable bonds is 47. The summed E-state index contributed by atoms with van der Waals surface area (Å²) in [6.07, 6.45) is 52.6. The fourth-order valence-electron chi connectivity index (χ4n) is 8.17. The molecule has 5 N–H and O–H groups in total. The van der Waals surface area contributed by atoms with E-state index in [1.54, 1.807) is 0 Å². The van der Waals surface area contributed by atoms with Crippen molar-refractivity contribution in [1.82, 2.24) is 5.32 Å². The molecule has 6 nitrogen and oxygen atoms in total. The molecule has 0 heterocycles. The van der Waals surface area contributed by atoms with Gasteiger partial charge in [0, 0.05) is 0 Å². The van der Waals surface area contributed by atoms with Crippen LogP contribution in [0.2, 0.25) is 0 Å².